The van der Waals surface area contributed by atoms with Crippen molar-refractivity contribution in [2.75, 3.05) is 6.54 Å². The van der Waals surface area contributed by atoms with E-state index < -0.39 is 0 Å². The largest absolute Gasteiger partial charge is 0.355 e. The third-order valence-electron chi connectivity index (χ3n) is 2.59. The summed E-state index contributed by atoms with van der Waals surface area (Å²) in [5.74, 6) is 0. The average molecular weight is 213 g/mol. The van der Waals surface area contributed by atoms with Crippen LogP contribution in [-0.2, 0) is 0 Å². The van der Waals surface area contributed by atoms with E-state index in [0.717, 1.165) is 16.9 Å². The minimum atomic E-state index is -0.137. The first-order valence-corrected chi connectivity index (χ1v) is 5.14. The molecule has 0 spiro atoms. The Kier molecular flexibility index (Phi) is 1.93. The number of carbonyl (C=O) groups is 1. The van der Waals surface area contributed by atoms with Gasteiger partial charge in [0.05, 0.1) is 6.54 Å². The molecule has 2 amide bonds. The maximum Gasteiger partial charge on any atom is 0.319 e. The van der Waals surface area contributed by atoms with Crippen molar-refractivity contribution in [1.82, 2.24) is 15.6 Å². The zero-order valence-electron chi connectivity index (χ0n) is 8.58. The lowest BCUT2D eigenvalue weighted by Gasteiger charge is -1.92. The summed E-state index contributed by atoms with van der Waals surface area (Å²) in [7, 11) is 0. The predicted octanol–water partition coefficient (Wildman–Crippen LogP) is 1.82. The standard InChI is InChI=1S/C12H11N3O/c16-12-13-7-10(15-12)6-9-5-8-3-1-2-4-11(8)14-9/h1-6,14H,7H2,(H2,13,15,16). The number of nitrogens with one attached hydrogen (secondary N) is 3. The zero-order valence-corrected chi connectivity index (χ0v) is 8.58. The number of hydrogen-bond acceptors (Lipinski definition) is 1. The van der Waals surface area contributed by atoms with Gasteiger partial charge in [-0.15, -0.1) is 0 Å². The number of rotatable bonds is 1. The molecule has 0 aliphatic carbocycles. The molecule has 0 bridgehead atoms. The highest BCUT2D eigenvalue weighted by Gasteiger charge is 2.12. The van der Waals surface area contributed by atoms with Crippen LogP contribution in [0.15, 0.2) is 36.0 Å². The maximum absolute atomic E-state index is 10.9. The Morgan fingerprint density at radius 2 is 2.12 bits per heavy atom. The van der Waals surface area contributed by atoms with E-state index in [-0.39, 0.29) is 6.03 Å². The van der Waals surface area contributed by atoms with Crippen LogP contribution in [-0.4, -0.2) is 17.6 Å². The first-order chi connectivity index (χ1) is 7.81. The summed E-state index contributed by atoms with van der Waals surface area (Å²) in [4.78, 5) is 14.2. The van der Waals surface area contributed by atoms with Crippen LogP contribution < -0.4 is 10.6 Å². The van der Waals surface area contributed by atoms with Crippen LogP contribution in [0.4, 0.5) is 4.79 Å². The van der Waals surface area contributed by atoms with Gasteiger partial charge in [-0.25, -0.2) is 4.79 Å². The van der Waals surface area contributed by atoms with Gasteiger partial charge in [-0.1, -0.05) is 18.2 Å². The summed E-state index contributed by atoms with van der Waals surface area (Å²) in [5, 5.41) is 6.60. The molecule has 2 heterocycles. The third kappa shape index (κ3) is 1.54. The summed E-state index contributed by atoms with van der Waals surface area (Å²) in [6, 6.07) is 10.0. The van der Waals surface area contributed by atoms with Crippen LogP contribution >= 0.6 is 0 Å². The second-order valence-electron chi connectivity index (χ2n) is 3.79. The fourth-order valence-corrected chi connectivity index (χ4v) is 1.86. The van der Waals surface area contributed by atoms with Gasteiger partial charge in [-0.3, -0.25) is 0 Å². The lowest BCUT2D eigenvalue weighted by Crippen LogP contribution is -2.19. The number of fused-ring (bicyclic) bond motifs is 1. The van der Waals surface area contributed by atoms with Crippen LogP contribution in [0.5, 0.6) is 0 Å². The molecule has 0 unspecified atom stereocenters. The molecule has 16 heavy (non-hydrogen) atoms. The monoisotopic (exact) mass is 213 g/mol. The van der Waals surface area contributed by atoms with Crippen molar-refractivity contribution in [3.05, 3.63) is 41.7 Å². The minimum absolute atomic E-state index is 0.137. The van der Waals surface area contributed by atoms with Crippen LogP contribution in [0.1, 0.15) is 5.69 Å². The van der Waals surface area contributed by atoms with Crippen molar-refractivity contribution in [3.63, 3.8) is 0 Å². The van der Waals surface area contributed by atoms with Gasteiger partial charge >= 0.3 is 6.03 Å². The first kappa shape index (κ1) is 9.03. The van der Waals surface area contributed by atoms with Crippen LogP contribution in [0.25, 0.3) is 17.0 Å². The van der Waals surface area contributed by atoms with Crippen molar-refractivity contribution in [1.29, 1.82) is 0 Å². The molecular formula is C12H11N3O. The molecule has 4 nitrogen and oxygen atoms in total. The molecule has 0 radical (unpaired) electrons. The molecular weight excluding hydrogens is 202 g/mol. The highest BCUT2D eigenvalue weighted by molar-refractivity contribution is 5.84. The summed E-state index contributed by atoms with van der Waals surface area (Å²) in [6.45, 7) is 0.564. The van der Waals surface area contributed by atoms with Crippen LogP contribution in [0.3, 0.4) is 0 Å². The summed E-state index contributed by atoms with van der Waals surface area (Å²) >= 11 is 0. The Balaban J connectivity index is 1.97. The number of amides is 2. The SMILES string of the molecule is O=C1NCC(=Cc2cc3ccccc3[nH]2)N1. The molecule has 0 atom stereocenters. The molecule has 1 aromatic heterocycles. The fraction of sp³-hybridized carbons (Fsp3) is 0.0833. The first-order valence-electron chi connectivity index (χ1n) is 5.14. The Bertz CT molecular complexity index is 550. The average Bonchev–Trinajstić information content (AvgIpc) is 2.84. The Hall–Kier alpha value is -2.23. The van der Waals surface area contributed by atoms with Gasteiger partial charge in [0.15, 0.2) is 0 Å². The smallest absolute Gasteiger partial charge is 0.319 e. The number of aromatic nitrogens is 1. The van der Waals surface area contributed by atoms with E-state index in [1.54, 1.807) is 0 Å². The molecule has 80 valence electrons. The lowest BCUT2D eigenvalue weighted by molar-refractivity contribution is 0.249. The van der Waals surface area contributed by atoms with Crippen molar-refractivity contribution in [2.45, 2.75) is 0 Å². The second kappa shape index (κ2) is 3.41. The molecule has 0 saturated carbocycles. The fourth-order valence-electron chi connectivity index (χ4n) is 1.86. The predicted molar refractivity (Wildman–Crippen MR) is 62.8 cm³/mol. The van der Waals surface area contributed by atoms with Gasteiger partial charge in [-0.05, 0) is 23.6 Å². The quantitative estimate of drug-likeness (QED) is 0.665. The molecule has 3 N–H and O–H groups in total. The Morgan fingerprint density at radius 1 is 1.25 bits per heavy atom. The number of carbonyl (C=O) groups excluding carboxylic acids is 1. The van der Waals surface area contributed by atoms with Crippen molar-refractivity contribution in [2.24, 2.45) is 0 Å². The van der Waals surface area contributed by atoms with E-state index in [4.69, 9.17) is 0 Å². The number of para-hydroxylation sites is 1. The van der Waals surface area contributed by atoms with E-state index in [0.29, 0.717) is 6.54 Å². The van der Waals surface area contributed by atoms with E-state index in [1.165, 1.54) is 5.39 Å². The molecule has 1 aliphatic rings. The number of urea groups is 1. The van der Waals surface area contributed by atoms with E-state index in [1.807, 2.05) is 24.3 Å². The normalized spacial score (nSPS) is 17.8. The van der Waals surface area contributed by atoms with Gasteiger partial charge in [0.1, 0.15) is 0 Å². The van der Waals surface area contributed by atoms with Crippen LogP contribution in [0, 0.1) is 0 Å². The summed E-state index contributed by atoms with van der Waals surface area (Å²) in [6.07, 6.45) is 1.94. The number of H-pyrrole nitrogens is 1. The van der Waals surface area contributed by atoms with Gasteiger partial charge in [0.2, 0.25) is 0 Å². The van der Waals surface area contributed by atoms with Gasteiger partial charge in [-0.2, -0.15) is 0 Å². The van der Waals surface area contributed by atoms with Gasteiger partial charge in [0, 0.05) is 16.9 Å². The van der Waals surface area contributed by atoms with Gasteiger partial charge < -0.3 is 15.6 Å². The maximum atomic E-state index is 10.9. The molecule has 4 heteroatoms. The molecule has 1 fully saturated rings. The van der Waals surface area contributed by atoms with Gasteiger partial charge in [0.25, 0.3) is 0 Å². The third-order valence-corrected chi connectivity index (χ3v) is 2.59. The topological polar surface area (TPSA) is 56.9 Å². The van der Waals surface area contributed by atoms with E-state index in [2.05, 4.69) is 27.8 Å². The molecule has 1 aromatic carbocycles. The summed E-state index contributed by atoms with van der Waals surface area (Å²) in [5.41, 5.74) is 2.99. The lowest BCUT2D eigenvalue weighted by atomic mass is 10.2. The zero-order chi connectivity index (χ0) is 11.0. The molecule has 1 aliphatic heterocycles. The Labute approximate surface area is 92.3 Å². The van der Waals surface area contributed by atoms with Crippen molar-refractivity contribution < 1.29 is 4.79 Å². The highest BCUT2D eigenvalue weighted by atomic mass is 16.2. The number of benzene rings is 1. The molecule has 3 rings (SSSR count). The summed E-state index contributed by atoms with van der Waals surface area (Å²) < 4.78 is 0. The van der Waals surface area contributed by atoms with Crippen LogP contribution in [0.2, 0.25) is 0 Å². The highest BCUT2D eigenvalue weighted by Crippen LogP contribution is 2.16. The van der Waals surface area contributed by atoms with Crippen molar-refractivity contribution >= 4 is 23.0 Å². The van der Waals surface area contributed by atoms with E-state index in [9.17, 15) is 4.79 Å². The number of aromatic amines is 1. The second-order valence-corrected chi connectivity index (χ2v) is 3.79. The molecule has 2 aromatic rings. The Morgan fingerprint density at radius 3 is 2.88 bits per heavy atom. The molecule has 1 saturated heterocycles. The number of hydrogen-bond donors (Lipinski definition) is 3. The van der Waals surface area contributed by atoms with E-state index >= 15 is 0 Å². The minimum Gasteiger partial charge on any atom is -0.355 e. The van der Waals surface area contributed by atoms with Crippen molar-refractivity contribution in [3.8, 4) is 0 Å².